The Hall–Kier alpha value is -0.520. The normalized spacial score (nSPS) is 47.2. The molecule has 5 heteroatoms. The third kappa shape index (κ3) is 3.49. The highest BCUT2D eigenvalue weighted by Gasteiger charge is 2.61. The van der Waals surface area contributed by atoms with Crippen LogP contribution in [0.25, 0.3) is 0 Å². The average Bonchev–Trinajstić information content (AvgIpc) is 3.02. The summed E-state index contributed by atoms with van der Waals surface area (Å²) in [4.78, 5) is 0. The van der Waals surface area contributed by atoms with Crippen LogP contribution < -0.4 is 0 Å². The van der Waals surface area contributed by atoms with Gasteiger partial charge < -0.3 is 14.9 Å². The Morgan fingerprint density at radius 1 is 1.24 bits per heavy atom. The van der Waals surface area contributed by atoms with Gasteiger partial charge in [0.25, 0.3) is 5.92 Å². The first-order chi connectivity index (χ1) is 13.6. The van der Waals surface area contributed by atoms with Crippen LogP contribution in [0.5, 0.6) is 0 Å². The van der Waals surface area contributed by atoms with Gasteiger partial charge in [0.2, 0.25) is 0 Å². The summed E-state index contributed by atoms with van der Waals surface area (Å²) in [7, 11) is 1.81. The van der Waals surface area contributed by atoms with Crippen LogP contribution in [0, 0.1) is 34.5 Å². The Balaban J connectivity index is 1.60. The van der Waals surface area contributed by atoms with Crippen molar-refractivity contribution in [2.75, 3.05) is 13.7 Å². The van der Waals surface area contributed by atoms with Gasteiger partial charge in [-0.3, -0.25) is 0 Å². The summed E-state index contributed by atoms with van der Waals surface area (Å²) in [5, 5.41) is 19.2. The second-order valence-corrected chi connectivity index (χ2v) is 10.9. The number of fused-ring (bicyclic) bond motifs is 5. The molecule has 0 aromatic heterocycles. The van der Waals surface area contributed by atoms with Gasteiger partial charge in [0.05, 0.1) is 12.2 Å². The highest BCUT2D eigenvalue weighted by atomic mass is 19.3. The maximum atomic E-state index is 13.7. The number of allylic oxidation sites excluding steroid dienone is 1. The second-order valence-electron chi connectivity index (χ2n) is 10.9. The zero-order valence-electron chi connectivity index (χ0n) is 18.2. The standard InChI is InChI=1S/C24H38F2O3/c1-22-10-9-17(28)12-16(22)4-6-18-19-7-5-15(8-11-24(25,26)14-27)23(19,2)13-20(29-3)21(18)22/h4,15,17-21,27-28H,5-14H2,1-3H3. The van der Waals surface area contributed by atoms with Crippen LogP contribution in [0.1, 0.15) is 71.6 Å². The van der Waals surface area contributed by atoms with Gasteiger partial charge in [0.1, 0.15) is 6.61 Å². The van der Waals surface area contributed by atoms with E-state index in [1.165, 1.54) is 5.57 Å². The summed E-state index contributed by atoms with van der Waals surface area (Å²) in [6.45, 7) is 3.65. The number of hydrogen-bond acceptors (Lipinski definition) is 3. The monoisotopic (exact) mass is 412 g/mol. The zero-order chi connectivity index (χ0) is 21.0. The summed E-state index contributed by atoms with van der Waals surface area (Å²) in [5.41, 5.74) is 1.54. The van der Waals surface area contributed by atoms with E-state index in [1.54, 1.807) is 0 Å². The fraction of sp³-hybridized carbons (Fsp3) is 0.917. The van der Waals surface area contributed by atoms with E-state index in [4.69, 9.17) is 9.84 Å². The molecule has 0 spiro atoms. The van der Waals surface area contributed by atoms with Crippen molar-refractivity contribution in [1.82, 2.24) is 0 Å². The summed E-state index contributed by atoms with van der Waals surface area (Å²) in [5.74, 6) is -1.16. The van der Waals surface area contributed by atoms with Crippen molar-refractivity contribution in [3.8, 4) is 0 Å². The Morgan fingerprint density at radius 2 is 2.00 bits per heavy atom. The van der Waals surface area contributed by atoms with Gasteiger partial charge in [-0.25, -0.2) is 8.78 Å². The van der Waals surface area contributed by atoms with Gasteiger partial charge in [0.15, 0.2) is 0 Å². The first-order valence-electron chi connectivity index (χ1n) is 11.5. The number of alkyl halides is 2. The minimum Gasteiger partial charge on any atom is -0.393 e. The summed E-state index contributed by atoms with van der Waals surface area (Å²) < 4.78 is 33.6. The lowest BCUT2D eigenvalue weighted by molar-refractivity contribution is -0.140. The quantitative estimate of drug-likeness (QED) is 0.628. The van der Waals surface area contributed by atoms with Crippen molar-refractivity contribution in [3.63, 3.8) is 0 Å². The maximum Gasteiger partial charge on any atom is 0.270 e. The van der Waals surface area contributed by atoms with Crippen LogP contribution in [-0.2, 0) is 4.74 Å². The molecule has 3 nitrogen and oxygen atoms in total. The molecular weight excluding hydrogens is 374 g/mol. The summed E-state index contributed by atoms with van der Waals surface area (Å²) in [6, 6.07) is 0. The molecule has 4 aliphatic rings. The van der Waals surface area contributed by atoms with E-state index in [9.17, 15) is 13.9 Å². The summed E-state index contributed by atoms with van der Waals surface area (Å²) >= 11 is 0. The van der Waals surface area contributed by atoms with Crippen molar-refractivity contribution in [2.24, 2.45) is 34.5 Å². The highest BCUT2D eigenvalue weighted by molar-refractivity contribution is 5.26. The molecule has 0 heterocycles. The van der Waals surface area contributed by atoms with Gasteiger partial charge in [-0.2, -0.15) is 0 Å². The van der Waals surface area contributed by atoms with E-state index in [1.807, 2.05) is 7.11 Å². The molecule has 8 unspecified atom stereocenters. The van der Waals surface area contributed by atoms with Gasteiger partial charge in [0, 0.05) is 13.5 Å². The third-order valence-corrected chi connectivity index (χ3v) is 9.58. The van der Waals surface area contributed by atoms with Gasteiger partial charge in [-0.15, -0.1) is 0 Å². The molecule has 0 saturated heterocycles. The van der Waals surface area contributed by atoms with Gasteiger partial charge in [-0.1, -0.05) is 25.5 Å². The predicted octanol–water partition coefficient (Wildman–Crippen LogP) is 4.96. The number of halogens is 2. The van der Waals surface area contributed by atoms with Crippen LogP contribution in [0.3, 0.4) is 0 Å². The molecule has 2 N–H and O–H groups in total. The molecule has 0 amide bonds. The minimum atomic E-state index is -2.97. The Labute approximate surface area is 173 Å². The largest absolute Gasteiger partial charge is 0.393 e. The van der Waals surface area contributed by atoms with Crippen molar-refractivity contribution in [2.45, 2.75) is 89.8 Å². The van der Waals surface area contributed by atoms with E-state index in [0.717, 1.165) is 44.9 Å². The number of rotatable bonds is 5. The van der Waals surface area contributed by atoms with Crippen molar-refractivity contribution in [1.29, 1.82) is 0 Å². The number of hydrogen-bond donors (Lipinski definition) is 2. The molecule has 166 valence electrons. The Morgan fingerprint density at radius 3 is 2.69 bits per heavy atom. The minimum absolute atomic E-state index is 0.0310. The number of methoxy groups -OCH3 is 1. The lowest BCUT2D eigenvalue weighted by atomic mass is 9.46. The Bertz CT molecular complexity index is 650. The van der Waals surface area contributed by atoms with Crippen LogP contribution in [-0.4, -0.2) is 42.1 Å². The van der Waals surface area contributed by atoms with E-state index in [0.29, 0.717) is 24.2 Å². The number of ether oxygens (including phenoxy) is 1. The maximum absolute atomic E-state index is 13.7. The molecule has 4 aliphatic carbocycles. The molecule has 29 heavy (non-hydrogen) atoms. The smallest absolute Gasteiger partial charge is 0.270 e. The van der Waals surface area contributed by atoms with E-state index in [-0.39, 0.29) is 35.4 Å². The molecule has 4 rings (SSSR count). The van der Waals surface area contributed by atoms with Crippen molar-refractivity contribution in [3.05, 3.63) is 11.6 Å². The van der Waals surface area contributed by atoms with E-state index in [2.05, 4.69) is 19.9 Å². The molecule has 0 aromatic rings. The molecule has 8 atom stereocenters. The van der Waals surface area contributed by atoms with Gasteiger partial charge in [-0.05, 0) is 85.9 Å². The fourth-order valence-electron chi connectivity index (χ4n) is 8.00. The lowest BCUT2D eigenvalue weighted by Crippen LogP contribution is -2.56. The van der Waals surface area contributed by atoms with Crippen LogP contribution in [0.2, 0.25) is 0 Å². The van der Waals surface area contributed by atoms with E-state index >= 15 is 0 Å². The highest BCUT2D eigenvalue weighted by Crippen LogP contribution is 2.67. The number of aliphatic hydroxyl groups is 2. The van der Waals surface area contributed by atoms with Crippen LogP contribution >= 0.6 is 0 Å². The molecule has 3 fully saturated rings. The second kappa shape index (κ2) is 7.56. The molecule has 0 bridgehead atoms. The topological polar surface area (TPSA) is 49.7 Å². The van der Waals surface area contributed by atoms with Crippen molar-refractivity contribution >= 4 is 0 Å². The van der Waals surface area contributed by atoms with Gasteiger partial charge >= 0.3 is 0 Å². The number of aliphatic hydroxyl groups excluding tert-OH is 2. The van der Waals surface area contributed by atoms with E-state index < -0.39 is 12.5 Å². The summed E-state index contributed by atoms with van der Waals surface area (Å²) in [6.07, 6.45) is 9.34. The van der Waals surface area contributed by atoms with Crippen LogP contribution in [0.15, 0.2) is 11.6 Å². The molecule has 0 aliphatic heterocycles. The predicted molar refractivity (Wildman–Crippen MR) is 109 cm³/mol. The molecular formula is C24H38F2O3. The fourth-order valence-corrected chi connectivity index (χ4v) is 8.00. The SMILES string of the molecule is COC1CC2(C)C(CCC(F)(F)CO)CCC2C2CC=C3CC(O)CCC3(C)C12. The lowest BCUT2D eigenvalue weighted by Gasteiger charge is -2.60. The third-order valence-electron chi connectivity index (χ3n) is 9.58. The van der Waals surface area contributed by atoms with Crippen LogP contribution in [0.4, 0.5) is 8.78 Å². The molecule has 0 aromatic carbocycles. The first-order valence-corrected chi connectivity index (χ1v) is 11.5. The average molecular weight is 413 g/mol. The van der Waals surface area contributed by atoms with Crippen molar-refractivity contribution < 1.29 is 23.7 Å². The molecule has 3 saturated carbocycles. The first kappa shape index (κ1) is 21.7. The Kier molecular flexibility index (Phi) is 5.66. The zero-order valence-corrected chi connectivity index (χ0v) is 18.2. The molecule has 0 radical (unpaired) electrons.